The third-order valence-corrected chi connectivity index (χ3v) is 27.8. The van der Waals surface area contributed by atoms with Crippen molar-refractivity contribution in [2.45, 2.75) is 141 Å². The van der Waals surface area contributed by atoms with E-state index in [1.54, 1.807) is 85.9 Å². The minimum Gasteiger partial charge on any atom is -0.489 e. The van der Waals surface area contributed by atoms with E-state index in [4.69, 9.17) is 79.5 Å². The maximum Gasteiger partial charge on any atom is 0.307 e. The third kappa shape index (κ3) is 35.4. The van der Waals surface area contributed by atoms with Crippen LogP contribution in [0.25, 0.3) is 22.5 Å². The molecule has 10 aromatic carbocycles. The quantitative estimate of drug-likeness (QED) is 0.0366. The molecule has 1 fully saturated rings. The molecule has 2 amide bonds. The SMILES string of the molecule is C=C(c1ccccc1NC(=O)CC)N1CCCCC1.CCc1cc(Br)ccc1OCc1ccc(Cl)cc1Cl.CNS(=O)(=O)c1cccc(CC(=O)Cc2ccc(F)c(C)c2)c1.COC(=O)CC(c1ccc(Cl)c(Cl)c1)S(C)(=O)=O.Cc1cc(C)n2nc(C)c(-c3ccccc3)c2n1.Cc1ccc(CC(=O)Cc2cccc(S(N)(=O)=O)c2)cc1Cl.Cc1ccc(Cl)c(C(=O)Nc2ccc(Br)cn2)c1. The zero-order valence-electron chi connectivity index (χ0n) is 77.2. The van der Waals surface area contributed by atoms with E-state index in [0.717, 1.165) is 114 Å². The first-order valence-corrected chi connectivity index (χ1v) is 51.9. The summed E-state index contributed by atoms with van der Waals surface area (Å²) < 4.78 is 99.2. The number of fused-ring (bicyclic) bond motifs is 1. The minimum atomic E-state index is -3.76. The number of sulfone groups is 1. The lowest BCUT2D eigenvalue weighted by molar-refractivity contribution is -0.140. The maximum atomic E-state index is 13.2. The van der Waals surface area contributed by atoms with Gasteiger partial charge in [0, 0.05) is 115 Å². The number of sulfonamides is 2. The molecule has 13 aromatic rings. The van der Waals surface area contributed by atoms with Gasteiger partial charge in [0.15, 0.2) is 15.5 Å². The minimum absolute atomic E-state index is 0.0104. The van der Waals surface area contributed by atoms with Crippen LogP contribution in [0.2, 0.25) is 30.1 Å². The normalized spacial score (nSPS) is 11.8. The molecule has 0 radical (unpaired) electrons. The van der Waals surface area contributed by atoms with Crippen LogP contribution in [-0.2, 0) is 92.5 Å². The molecule has 0 saturated carbocycles. The molecule has 22 nitrogen and oxygen atoms in total. The number of ether oxygens (including phenoxy) is 2. The molecule has 1 saturated heterocycles. The van der Waals surface area contributed by atoms with Gasteiger partial charge in [0.1, 0.15) is 35.6 Å². The summed E-state index contributed by atoms with van der Waals surface area (Å²) in [6.07, 6.45) is 8.29. The molecule has 137 heavy (non-hydrogen) atoms. The number of aromatic nitrogens is 4. The van der Waals surface area contributed by atoms with Crippen molar-refractivity contribution in [3.05, 3.63) is 372 Å². The van der Waals surface area contributed by atoms with Gasteiger partial charge in [-0.1, -0.05) is 227 Å². The number of nitrogens with one attached hydrogen (secondary N) is 3. The van der Waals surface area contributed by atoms with E-state index in [2.05, 4.69) is 111 Å². The summed E-state index contributed by atoms with van der Waals surface area (Å²) in [7, 11) is -8.20. The van der Waals surface area contributed by atoms with Gasteiger partial charge in [-0.25, -0.2) is 54.0 Å². The highest BCUT2D eigenvalue weighted by molar-refractivity contribution is 9.10. The Labute approximate surface area is 847 Å². The van der Waals surface area contributed by atoms with Gasteiger partial charge in [-0.15, -0.1) is 0 Å². The Bertz CT molecular complexity index is 6820. The van der Waals surface area contributed by atoms with Crippen molar-refractivity contribution in [2.24, 2.45) is 5.14 Å². The average Bonchev–Trinajstić information content (AvgIpc) is 1.63. The largest absolute Gasteiger partial charge is 0.489 e. The van der Waals surface area contributed by atoms with Gasteiger partial charge < -0.3 is 25.0 Å². The van der Waals surface area contributed by atoms with Gasteiger partial charge >= 0.3 is 5.97 Å². The number of nitrogens with two attached hydrogens (primary N) is 1. The summed E-state index contributed by atoms with van der Waals surface area (Å²) in [5.41, 5.74) is 17.5. The highest BCUT2D eigenvalue weighted by Crippen LogP contribution is 2.35. The zero-order chi connectivity index (χ0) is 101. The number of ketones is 2. The maximum absolute atomic E-state index is 13.2. The number of halogens is 9. The van der Waals surface area contributed by atoms with Gasteiger partial charge in [0.2, 0.25) is 26.0 Å². The third-order valence-electron chi connectivity index (χ3n) is 21.0. The lowest BCUT2D eigenvalue weighted by Gasteiger charge is -2.31. The Kier molecular flexibility index (Phi) is 43.7. The second-order valence-electron chi connectivity index (χ2n) is 31.7. The molecule has 14 rings (SSSR count). The van der Waals surface area contributed by atoms with Crippen LogP contribution >= 0.6 is 101 Å². The molecular weight excluding hydrogens is 2060 g/mol. The van der Waals surface area contributed by atoms with Crippen LogP contribution in [0.4, 0.5) is 15.9 Å². The number of benzene rings is 10. The lowest BCUT2D eigenvalue weighted by atomic mass is 10.0. The molecule has 722 valence electrons. The molecule has 0 spiro atoms. The number of rotatable bonds is 26. The Morgan fingerprint density at radius 2 is 1.19 bits per heavy atom. The molecule has 4 heterocycles. The van der Waals surface area contributed by atoms with E-state index in [0.29, 0.717) is 71.8 Å². The molecule has 5 N–H and O–H groups in total. The number of pyridine rings is 1. The first-order chi connectivity index (χ1) is 64.9. The van der Waals surface area contributed by atoms with E-state index >= 15 is 0 Å². The number of aryl methyl sites for hydroxylation is 7. The number of primary sulfonamides is 1. The van der Waals surface area contributed by atoms with Crippen molar-refractivity contribution in [1.29, 1.82) is 0 Å². The van der Waals surface area contributed by atoms with Gasteiger partial charge in [0.05, 0.1) is 60.6 Å². The topological polar surface area (TPSA) is 315 Å². The van der Waals surface area contributed by atoms with Crippen LogP contribution < -0.4 is 25.2 Å². The van der Waals surface area contributed by atoms with E-state index in [1.165, 1.54) is 93.1 Å². The fraction of sp³-hybridized carbons (Fsp3) is 0.243. The van der Waals surface area contributed by atoms with Crippen LogP contribution in [0.3, 0.4) is 0 Å². The molecule has 0 aliphatic carbocycles. The Balaban J connectivity index is 0.000000197. The summed E-state index contributed by atoms with van der Waals surface area (Å²) >= 11 is 42.4. The van der Waals surface area contributed by atoms with Crippen molar-refractivity contribution < 1.29 is 63.1 Å². The predicted octanol–water partition coefficient (Wildman–Crippen LogP) is 24.5. The number of Topliss-reactive ketones (excluding diaryl/α,β-unsaturated/α-hetero) is 2. The number of esters is 1. The van der Waals surface area contributed by atoms with Crippen LogP contribution in [0.1, 0.15) is 140 Å². The molecule has 1 aliphatic heterocycles. The molecular formula is C103H106Br2Cl6FN9O13S3. The van der Waals surface area contributed by atoms with Gasteiger partial charge in [0.25, 0.3) is 5.91 Å². The summed E-state index contributed by atoms with van der Waals surface area (Å²) in [6.45, 7) is 22.3. The van der Waals surface area contributed by atoms with Crippen molar-refractivity contribution in [1.82, 2.24) is 29.2 Å². The number of amides is 2. The number of likely N-dealkylation sites (tertiary alicyclic amines) is 1. The van der Waals surface area contributed by atoms with E-state index in [9.17, 15) is 53.6 Å². The van der Waals surface area contributed by atoms with Crippen LogP contribution in [-0.4, -0.2) is 113 Å². The van der Waals surface area contributed by atoms with Gasteiger partial charge in [-0.3, -0.25) is 24.0 Å². The molecule has 3 aromatic heterocycles. The second kappa shape index (κ2) is 53.6. The first kappa shape index (κ1) is 112. The molecule has 34 heteroatoms. The Hall–Kier alpha value is -10.5. The number of para-hydroxylation sites is 1. The van der Waals surface area contributed by atoms with Gasteiger partial charge in [-0.05, 0) is 256 Å². The molecule has 0 bridgehead atoms. The standard InChI is InChI=1S/C17H18FNO3S.C16H16ClNO3S.C16H22N2O.C15H13BrCl2O.C15H15N3.C13H10BrClN2O.C11H12Cl2O4S/c1-12-8-14(6-7-17(12)18)10-15(20)9-13-4-3-5-16(11-13)23(21,22)19-2;1-11-5-6-13(10-16(11)17)8-14(19)7-12-3-2-4-15(9-12)22(18,20)21;1-3-16(19)17-15-10-6-5-9-14(15)13(2)18-11-7-4-8-12-18;1-2-10-7-12(16)4-6-15(10)19-9-11-3-5-13(17)8-14(11)18;1-10-9-11(2)18-15(16-10)14(12(3)17-18)13-7-5-4-6-8-13;1-8-2-4-11(15)10(6-8)13(18)17-12-5-3-9(14)7-16-12;1-17-11(14)6-10(18(2,15)16)7-3-4-8(12)9(13)5-7/h3-8,11,19H,9-10H2,1-2H3;2-6,9-10H,7-8H2,1H3,(H2,18,20,21);5-6,9-10H,2-4,7-8,11-12H2,1H3,(H,17,19);3-8H,2,9H2,1H3;4-9H,1-3H3;2-7H,1H3,(H,16,17,18);3-5,10H,6H2,1-2H3. The highest BCUT2D eigenvalue weighted by Gasteiger charge is 2.28. The summed E-state index contributed by atoms with van der Waals surface area (Å²) in [5.74, 6) is 0.166. The lowest BCUT2D eigenvalue weighted by Crippen LogP contribution is -2.28. The zero-order valence-corrected chi connectivity index (χ0v) is 87.4. The number of carbonyl (C=O) groups is 5. The predicted molar refractivity (Wildman–Crippen MR) is 556 cm³/mol. The second-order valence-corrected chi connectivity index (χ2v) is 41.7. The van der Waals surface area contributed by atoms with Crippen LogP contribution in [0.5, 0.6) is 5.75 Å². The van der Waals surface area contributed by atoms with Crippen molar-refractivity contribution in [3.8, 4) is 16.9 Å². The summed E-state index contributed by atoms with van der Waals surface area (Å²) in [4.78, 5) is 70.3. The molecule has 1 aliphatic rings. The highest BCUT2D eigenvalue weighted by atomic mass is 79.9. The summed E-state index contributed by atoms with van der Waals surface area (Å²) in [6, 6.07) is 67.5. The number of piperidine rings is 1. The molecule has 1 unspecified atom stereocenters. The number of anilines is 2. The smallest absolute Gasteiger partial charge is 0.307 e. The van der Waals surface area contributed by atoms with Crippen LogP contribution in [0.15, 0.2) is 262 Å². The van der Waals surface area contributed by atoms with Gasteiger partial charge in [-0.2, -0.15) is 5.10 Å². The Morgan fingerprint density at radius 3 is 1.78 bits per heavy atom. The number of nitrogens with zero attached hydrogens (tertiary/aromatic N) is 5. The Morgan fingerprint density at radius 1 is 0.577 bits per heavy atom. The van der Waals surface area contributed by atoms with E-state index < -0.39 is 41.1 Å². The molecule has 1 atom stereocenters. The number of methoxy groups -OCH3 is 1. The fourth-order valence-corrected chi connectivity index (χ4v) is 18.1. The van der Waals surface area contributed by atoms with Crippen molar-refractivity contribution in [3.63, 3.8) is 0 Å². The number of hydrogen-bond donors (Lipinski definition) is 4. The van der Waals surface area contributed by atoms with Crippen molar-refractivity contribution >= 4 is 184 Å². The summed E-state index contributed by atoms with van der Waals surface area (Å²) in [5, 5.41) is 17.2. The number of hydrogen-bond acceptors (Lipinski definition) is 17. The van der Waals surface area contributed by atoms with E-state index in [1.807, 2.05) is 130 Å². The first-order valence-electron chi connectivity index (χ1n) is 43.0. The van der Waals surface area contributed by atoms with Crippen LogP contribution in [0, 0.1) is 47.4 Å². The van der Waals surface area contributed by atoms with E-state index in [-0.39, 0.29) is 76.1 Å². The average molecular weight is 2170 g/mol. The monoisotopic (exact) mass is 2160 g/mol. The van der Waals surface area contributed by atoms with Crippen molar-refractivity contribution in [2.75, 3.05) is 44.1 Å². The fourth-order valence-electron chi connectivity index (χ4n) is 13.8. The number of carbonyl (C=O) groups excluding carboxylic acids is 5.